The minimum atomic E-state index is -0.303. The van der Waals surface area contributed by atoms with Crippen molar-refractivity contribution in [2.24, 2.45) is 0 Å². The summed E-state index contributed by atoms with van der Waals surface area (Å²) in [5, 5.41) is 11.2. The number of hydrogen-bond acceptors (Lipinski definition) is 2. The van der Waals surface area contributed by atoms with Gasteiger partial charge in [-0.05, 0) is 0 Å². The Bertz CT molecular complexity index is 145. The Morgan fingerprint density at radius 1 is 1.86 bits per heavy atom. The second-order valence-corrected chi connectivity index (χ2v) is 1.06. The van der Waals surface area contributed by atoms with E-state index < -0.39 is 0 Å². The fraction of sp³-hybridized carbons (Fsp3) is 0. The van der Waals surface area contributed by atoms with Crippen LogP contribution in [-0.4, -0.2) is 15.1 Å². The number of nitrogens with zero attached hydrogens (tertiary/aromatic N) is 2. The van der Waals surface area contributed by atoms with E-state index in [9.17, 15) is 4.48 Å². The molecular formula is C3H3FN2O. The van der Waals surface area contributed by atoms with Gasteiger partial charge in [0.15, 0.2) is 0 Å². The van der Waals surface area contributed by atoms with E-state index in [-0.39, 0.29) is 10.8 Å². The van der Waals surface area contributed by atoms with Crippen molar-refractivity contribution in [1.29, 1.82) is 0 Å². The van der Waals surface area contributed by atoms with E-state index in [1.54, 1.807) is 0 Å². The summed E-state index contributed by atoms with van der Waals surface area (Å²) in [6, 6.07) is 1.15. The topological polar surface area (TPSA) is 38.0 Å². The van der Waals surface area contributed by atoms with Gasteiger partial charge in [0, 0.05) is 6.07 Å². The summed E-state index contributed by atoms with van der Waals surface area (Å²) in [5.74, 6) is -0.303. The highest BCUT2D eigenvalue weighted by atomic mass is 19.2. The van der Waals surface area contributed by atoms with Crippen LogP contribution in [0.3, 0.4) is 0 Å². The predicted molar refractivity (Wildman–Crippen MR) is 20.4 cm³/mol. The molecule has 4 heteroatoms. The van der Waals surface area contributed by atoms with Gasteiger partial charge in [0.05, 0.1) is 6.20 Å². The van der Waals surface area contributed by atoms with Crippen LogP contribution in [0.15, 0.2) is 12.3 Å². The highest BCUT2D eigenvalue weighted by Crippen LogP contribution is 1.99. The normalized spacial score (nSPS) is 9.29. The van der Waals surface area contributed by atoms with Crippen molar-refractivity contribution in [1.82, 2.24) is 10.0 Å². The Morgan fingerprint density at radius 3 is 2.71 bits per heavy atom. The first-order valence-corrected chi connectivity index (χ1v) is 1.70. The standard InChI is InChI=1S/C3H3FN2O/c4-6-2-1-3(7)5-6/h1-2H,(H,5,7). The molecule has 1 aromatic heterocycles. The van der Waals surface area contributed by atoms with Gasteiger partial charge in [0.2, 0.25) is 5.88 Å². The fourth-order valence-electron chi connectivity index (χ4n) is 0.293. The summed E-state index contributed by atoms with van der Waals surface area (Å²) in [4.78, 5) is 0.0370. The lowest BCUT2D eigenvalue weighted by Gasteiger charge is -1.73. The quantitative estimate of drug-likeness (QED) is 0.512. The lowest BCUT2D eigenvalue weighted by atomic mass is 10.7. The molecule has 0 spiro atoms. The zero-order valence-electron chi connectivity index (χ0n) is 3.37. The van der Waals surface area contributed by atoms with Crippen LogP contribution >= 0.6 is 0 Å². The maximum atomic E-state index is 11.6. The van der Waals surface area contributed by atoms with E-state index in [1.807, 2.05) is 0 Å². The molecule has 1 N–H and O–H groups in total. The van der Waals surface area contributed by atoms with Gasteiger partial charge in [0.1, 0.15) is 0 Å². The molecule has 1 rings (SSSR count). The molecule has 0 unspecified atom stereocenters. The van der Waals surface area contributed by atoms with E-state index in [0.29, 0.717) is 0 Å². The number of aromatic hydroxyl groups is 1. The van der Waals surface area contributed by atoms with Crippen LogP contribution in [0.1, 0.15) is 0 Å². The summed E-state index contributed by atoms with van der Waals surface area (Å²) < 4.78 is 11.6. The molecule has 1 aromatic rings. The van der Waals surface area contributed by atoms with Gasteiger partial charge in [-0.2, -0.15) is 0 Å². The Labute approximate surface area is 38.9 Å². The van der Waals surface area contributed by atoms with Crippen LogP contribution in [-0.2, 0) is 0 Å². The highest BCUT2D eigenvalue weighted by molar-refractivity contribution is 5.01. The Kier molecular flexibility index (Phi) is 0.714. The minimum absolute atomic E-state index is 0.0370. The molecule has 0 bridgehead atoms. The number of halogens is 1. The summed E-state index contributed by atoms with van der Waals surface area (Å²) >= 11 is 0. The third kappa shape index (κ3) is 0.677. The third-order valence-corrected chi connectivity index (χ3v) is 0.545. The van der Waals surface area contributed by atoms with E-state index in [0.717, 1.165) is 12.3 Å². The largest absolute Gasteiger partial charge is 0.492 e. The van der Waals surface area contributed by atoms with Crippen molar-refractivity contribution >= 4 is 0 Å². The van der Waals surface area contributed by atoms with Crippen molar-refractivity contribution in [3.05, 3.63) is 12.3 Å². The second kappa shape index (κ2) is 1.22. The lowest BCUT2D eigenvalue weighted by molar-refractivity contribution is 0.301. The summed E-state index contributed by atoms with van der Waals surface area (Å²) in [6.45, 7) is 0. The molecule has 0 amide bonds. The SMILES string of the molecule is Oc1ccn(F)n1. The van der Waals surface area contributed by atoms with Gasteiger partial charge in [-0.25, -0.2) is 0 Å². The Morgan fingerprint density at radius 2 is 2.57 bits per heavy atom. The lowest BCUT2D eigenvalue weighted by Crippen LogP contribution is -1.77. The van der Waals surface area contributed by atoms with Crippen LogP contribution in [0.25, 0.3) is 0 Å². The third-order valence-electron chi connectivity index (χ3n) is 0.545. The van der Waals surface area contributed by atoms with Crippen LogP contribution in [0.5, 0.6) is 5.88 Å². The van der Waals surface area contributed by atoms with Gasteiger partial charge in [-0.15, -0.1) is 5.10 Å². The van der Waals surface area contributed by atoms with E-state index in [4.69, 9.17) is 5.11 Å². The molecule has 1 heterocycles. The first-order valence-electron chi connectivity index (χ1n) is 1.70. The maximum Gasteiger partial charge on any atom is 0.233 e. The molecule has 0 atom stereocenters. The molecule has 3 nitrogen and oxygen atoms in total. The first-order chi connectivity index (χ1) is 3.29. The van der Waals surface area contributed by atoms with Gasteiger partial charge < -0.3 is 5.11 Å². The van der Waals surface area contributed by atoms with E-state index >= 15 is 0 Å². The van der Waals surface area contributed by atoms with Gasteiger partial charge in [0.25, 0.3) is 0 Å². The Hall–Kier alpha value is -1.06. The molecule has 0 saturated carbocycles. The molecular weight excluding hydrogens is 99.0 g/mol. The summed E-state index contributed by atoms with van der Waals surface area (Å²) in [6.07, 6.45) is 1.01. The highest BCUT2D eigenvalue weighted by Gasteiger charge is 1.88. The average Bonchev–Trinajstić information content (AvgIpc) is 1.87. The molecule has 0 saturated heterocycles. The van der Waals surface area contributed by atoms with Crippen LogP contribution in [0.4, 0.5) is 4.48 Å². The van der Waals surface area contributed by atoms with Crippen molar-refractivity contribution in [2.45, 2.75) is 0 Å². The monoisotopic (exact) mass is 102 g/mol. The Balaban J connectivity index is 3.04. The molecule has 0 aliphatic rings. The van der Waals surface area contributed by atoms with E-state index in [2.05, 4.69) is 5.10 Å². The van der Waals surface area contributed by atoms with Gasteiger partial charge in [-0.1, -0.05) is 9.39 Å². The van der Waals surface area contributed by atoms with E-state index in [1.165, 1.54) is 0 Å². The number of aromatic nitrogens is 2. The molecule has 0 aliphatic heterocycles. The van der Waals surface area contributed by atoms with Crippen molar-refractivity contribution in [2.75, 3.05) is 0 Å². The maximum absolute atomic E-state index is 11.6. The molecule has 0 aliphatic carbocycles. The fourth-order valence-corrected chi connectivity index (χ4v) is 0.293. The number of rotatable bonds is 0. The molecule has 0 fully saturated rings. The van der Waals surface area contributed by atoms with Crippen LogP contribution in [0.2, 0.25) is 0 Å². The molecule has 0 aromatic carbocycles. The van der Waals surface area contributed by atoms with Gasteiger partial charge >= 0.3 is 0 Å². The zero-order chi connectivity index (χ0) is 5.28. The summed E-state index contributed by atoms with van der Waals surface area (Å²) in [7, 11) is 0. The van der Waals surface area contributed by atoms with Crippen molar-refractivity contribution in [3.8, 4) is 5.88 Å². The smallest absolute Gasteiger partial charge is 0.233 e. The minimum Gasteiger partial charge on any atom is -0.492 e. The van der Waals surface area contributed by atoms with Gasteiger partial charge in [-0.3, -0.25) is 0 Å². The average molecular weight is 102 g/mol. The number of hydrogen-bond donors (Lipinski definition) is 1. The van der Waals surface area contributed by atoms with Crippen molar-refractivity contribution < 1.29 is 9.59 Å². The van der Waals surface area contributed by atoms with Crippen LogP contribution in [0, 0.1) is 0 Å². The molecule has 7 heavy (non-hydrogen) atoms. The van der Waals surface area contributed by atoms with Crippen molar-refractivity contribution in [3.63, 3.8) is 0 Å². The molecule has 38 valence electrons. The second-order valence-electron chi connectivity index (χ2n) is 1.06. The zero-order valence-corrected chi connectivity index (χ0v) is 3.37. The first kappa shape index (κ1) is 4.11. The molecule has 0 radical (unpaired) electrons. The predicted octanol–water partition coefficient (Wildman–Crippen LogP) is 0.321. The van der Waals surface area contributed by atoms with Crippen LogP contribution < -0.4 is 0 Å². The summed E-state index contributed by atoms with van der Waals surface area (Å²) in [5.41, 5.74) is 0.